The van der Waals surface area contributed by atoms with Gasteiger partial charge in [-0.05, 0) is 19.4 Å². The first-order valence-electron chi connectivity index (χ1n) is 3.65. The third-order valence-electron chi connectivity index (χ3n) is 1.29. The third kappa shape index (κ3) is 9.06. The molecular weight excluding hydrogens is 160 g/mol. The summed E-state index contributed by atoms with van der Waals surface area (Å²) in [5.74, 6) is -0.933. The Morgan fingerprint density at radius 3 is 2.25 bits per heavy atom. The molecule has 0 amide bonds. The summed E-state index contributed by atoms with van der Waals surface area (Å²) >= 11 is 0. The number of nitrogens with two attached hydrogens (primary N) is 2. The molecule has 5 heteroatoms. The Kier molecular flexibility index (Phi) is 11.4. The lowest BCUT2D eigenvalue weighted by molar-refractivity contribution is -0.138. The molecule has 0 saturated heterocycles. The Hall–Kier alpha value is -0.940. The van der Waals surface area contributed by atoms with Crippen molar-refractivity contribution in [1.82, 2.24) is 0 Å². The lowest BCUT2D eigenvalue weighted by atomic mass is 10.1. The van der Waals surface area contributed by atoms with Crippen molar-refractivity contribution in [1.29, 1.82) is 0 Å². The Balaban J connectivity index is 0. The Morgan fingerprint density at radius 2 is 1.92 bits per heavy atom. The summed E-state index contributed by atoms with van der Waals surface area (Å²) in [6.45, 7) is 2.60. The topological polar surface area (TPSA) is 106 Å². The van der Waals surface area contributed by atoms with E-state index in [2.05, 4.69) is 0 Å². The summed E-state index contributed by atoms with van der Waals surface area (Å²) < 4.78 is 0. The van der Waals surface area contributed by atoms with Gasteiger partial charge in [-0.3, -0.25) is 4.79 Å². The molecule has 0 radical (unpaired) electrons. The zero-order valence-corrected chi connectivity index (χ0v) is 7.03. The molecule has 0 aliphatic heterocycles. The minimum absolute atomic E-state index is 0.520. The van der Waals surface area contributed by atoms with Crippen LogP contribution in [0.4, 0.5) is 0 Å². The van der Waals surface area contributed by atoms with E-state index in [0.29, 0.717) is 13.0 Å². The van der Waals surface area contributed by atoms with Crippen molar-refractivity contribution in [2.24, 2.45) is 11.5 Å². The van der Waals surface area contributed by atoms with Crippen LogP contribution in [-0.2, 0) is 9.59 Å². The fourth-order valence-corrected chi connectivity index (χ4v) is 0.632. The number of hydrogen-bond donors (Lipinski definition) is 3. The quantitative estimate of drug-likeness (QED) is 0.482. The second kappa shape index (κ2) is 10.1. The number of aliphatic carboxylic acids is 1. The molecule has 0 spiro atoms. The smallest absolute Gasteiger partial charge is 0.320 e. The summed E-state index contributed by atoms with van der Waals surface area (Å²) in [7, 11) is 0. The molecule has 12 heavy (non-hydrogen) atoms. The molecule has 0 aromatic rings. The highest BCUT2D eigenvalue weighted by Crippen LogP contribution is 1.96. The lowest BCUT2D eigenvalue weighted by Gasteiger charge is -2.03. The summed E-state index contributed by atoms with van der Waals surface area (Å²) in [5.41, 5.74) is 10.4. The predicted molar refractivity (Wildman–Crippen MR) is 45.6 cm³/mol. The maximum absolute atomic E-state index is 10.1. The molecule has 0 aromatic carbocycles. The van der Waals surface area contributed by atoms with Crippen molar-refractivity contribution >= 4 is 12.8 Å². The normalized spacial score (nSPS) is 11.2. The van der Waals surface area contributed by atoms with Crippen LogP contribution in [-0.4, -0.2) is 30.5 Å². The van der Waals surface area contributed by atoms with E-state index in [1.54, 1.807) is 0 Å². The van der Waals surface area contributed by atoms with Gasteiger partial charge < -0.3 is 21.4 Å². The van der Waals surface area contributed by atoms with Gasteiger partial charge in [0.2, 0.25) is 0 Å². The van der Waals surface area contributed by atoms with E-state index in [-0.39, 0.29) is 0 Å². The van der Waals surface area contributed by atoms with E-state index in [4.69, 9.17) is 21.4 Å². The Labute approximate surface area is 71.7 Å². The fourth-order valence-electron chi connectivity index (χ4n) is 0.632. The number of hydrogen-bond acceptors (Lipinski definition) is 4. The van der Waals surface area contributed by atoms with Gasteiger partial charge in [-0.1, -0.05) is 6.42 Å². The minimum Gasteiger partial charge on any atom is -0.480 e. The van der Waals surface area contributed by atoms with Gasteiger partial charge in [0.15, 0.2) is 0 Å². The van der Waals surface area contributed by atoms with Crippen LogP contribution >= 0.6 is 0 Å². The first kappa shape index (κ1) is 13.6. The van der Waals surface area contributed by atoms with E-state index in [1.165, 1.54) is 0 Å². The maximum atomic E-state index is 10.1. The number of carbonyl (C=O) groups excluding carboxylic acids is 1. The van der Waals surface area contributed by atoms with Crippen molar-refractivity contribution in [3.63, 3.8) is 0 Å². The van der Waals surface area contributed by atoms with Crippen LogP contribution in [0.3, 0.4) is 0 Å². The molecule has 1 atom stereocenters. The predicted octanol–water partition coefficient (Wildman–Crippen LogP) is -0.658. The van der Waals surface area contributed by atoms with Gasteiger partial charge in [0.1, 0.15) is 12.8 Å². The molecule has 0 heterocycles. The summed E-state index contributed by atoms with van der Waals surface area (Å²) in [5, 5.41) is 8.33. The van der Waals surface area contributed by atoms with E-state index >= 15 is 0 Å². The summed E-state index contributed by atoms with van der Waals surface area (Å²) in [6.07, 6.45) is 2.16. The molecule has 0 saturated carbocycles. The zero-order chi connectivity index (χ0) is 9.98. The second-order valence-corrected chi connectivity index (χ2v) is 2.23. The van der Waals surface area contributed by atoms with E-state index in [9.17, 15) is 4.79 Å². The van der Waals surface area contributed by atoms with Gasteiger partial charge in [-0.15, -0.1) is 0 Å². The highest BCUT2D eigenvalue weighted by atomic mass is 16.4. The van der Waals surface area contributed by atoms with Crippen LogP contribution in [0.25, 0.3) is 0 Å². The maximum Gasteiger partial charge on any atom is 0.320 e. The van der Waals surface area contributed by atoms with Gasteiger partial charge >= 0.3 is 5.97 Å². The number of carboxylic acids is 1. The number of rotatable bonds is 5. The van der Waals surface area contributed by atoms with Gasteiger partial charge in [0.05, 0.1) is 0 Å². The molecule has 0 aliphatic carbocycles. The standard InChI is InChI=1S/C6H14N2O2.CH2O/c7-4-2-1-3-5(8)6(9)10;1-2/h5H,1-4,7-8H2,(H,9,10);1H2/t5-;/m0./s1. The number of unbranched alkanes of at least 4 members (excludes halogenated alkanes) is 1. The van der Waals surface area contributed by atoms with Gasteiger partial charge in [0.25, 0.3) is 0 Å². The van der Waals surface area contributed by atoms with Crippen LogP contribution in [0.2, 0.25) is 0 Å². The van der Waals surface area contributed by atoms with Crippen LogP contribution in [0.5, 0.6) is 0 Å². The van der Waals surface area contributed by atoms with Gasteiger partial charge in [-0.25, -0.2) is 0 Å². The molecule has 0 bridgehead atoms. The van der Waals surface area contributed by atoms with Crippen molar-refractivity contribution in [2.75, 3.05) is 6.54 Å². The molecule has 0 fully saturated rings. The van der Waals surface area contributed by atoms with Crippen molar-refractivity contribution in [2.45, 2.75) is 25.3 Å². The molecule has 5 N–H and O–H groups in total. The molecular formula is C7H16N2O3. The summed E-state index contributed by atoms with van der Waals surface area (Å²) in [4.78, 5) is 18.1. The van der Waals surface area contributed by atoms with Gasteiger partial charge in [-0.2, -0.15) is 0 Å². The van der Waals surface area contributed by atoms with Crippen LogP contribution in [0.1, 0.15) is 19.3 Å². The molecule has 72 valence electrons. The van der Waals surface area contributed by atoms with Crippen LogP contribution in [0, 0.1) is 0 Å². The minimum atomic E-state index is -0.933. The van der Waals surface area contributed by atoms with E-state index in [0.717, 1.165) is 12.8 Å². The zero-order valence-electron chi connectivity index (χ0n) is 7.03. The first-order valence-corrected chi connectivity index (χ1v) is 3.65. The van der Waals surface area contributed by atoms with Crippen LogP contribution < -0.4 is 11.5 Å². The second-order valence-electron chi connectivity index (χ2n) is 2.23. The highest BCUT2D eigenvalue weighted by molar-refractivity contribution is 5.72. The molecule has 0 aliphatic rings. The third-order valence-corrected chi connectivity index (χ3v) is 1.29. The summed E-state index contributed by atoms with van der Waals surface area (Å²) in [6, 6.07) is -0.716. The largest absolute Gasteiger partial charge is 0.480 e. The number of carbonyl (C=O) groups is 2. The lowest BCUT2D eigenvalue weighted by Crippen LogP contribution is -2.29. The van der Waals surface area contributed by atoms with Crippen molar-refractivity contribution in [3.8, 4) is 0 Å². The highest BCUT2D eigenvalue weighted by Gasteiger charge is 2.09. The molecule has 0 unspecified atom stereocenters. The average Bonchev–Trinajstić information content (AvgIpc) is 2.08. The van der Waals surface area contributed by atoms with Crippen molar-refractivity contribution in [3.05, 3.63) is 0 Å². The molecule has 0 aromatic heterocycles. The fraction of sp³-hybridized carbons (Fsp3) is 0.714. The Morgan fingerprint density at radius 1 is 1.42 bits per heavy atom. The first-order chi connectivity index (χ1) is 5.68. The van der Waals surface area contributed by atoms with E-state index < -0.39 is 12.0 Å². The average molecular weight is 176 g/mol. The van der Waals surface area contributed by atoms with Gasteiger partial charge in [0, 0.05) is 0 Å². The Bertz CT molecular complexity index is 119. The SMILES string of the molecule is C=O.NCCCC[C@H](N)C(=O)O. The molecule has 0 rings (SSSR count). The number of carboxylic acid groups (broad SMARTS) is 1. The van der Waals surface area contributed by atoms with Crippen molar-refractivity contribution < 1.29 is 14.7 Å². The molecule has 5 nitrogen and oxygen atoms in total. The van der Waals surface area contributed by atoms with Crippen LogP contribution in [0.15, 0.2) is 0 Å². The van der Waals surface area contributed by atoms with E-state index in [1.807, 2.05) is 6.79 Å². The monoisotopic (exact) mass is 176 g/mol.